The molecule has 2 aromatic carbocycles. The van der Waals surface area contributed by atoms with Crippen LogP contribution in [-0.2, 0) is 27.6 Å². The monoisotopic (exact) mass is 889 g/mol. The van der Waals surface area contributed by atoms with Crippen LogP contribution in [0.25, 0.3) is 16.9 Å². The Kier molecular flexibility index (Phi) is 18.5. The molecule has 0 radical (unpaired) electrons. The van der Waals surface area contributed by atoms with Crippen LogP contribution in [0.5, 0.6) is 0 Å². The van der Waals surface area contributed by atoms with Crippen molar-refractivity contribution in [3.05, 3.63) is 108 Å². The van der Waals surface area contributed by atoms with Crippen molar-refractivity contribution in [3.63, 3.8) is 0 Å². The number of nitrogens with zero attached hydrogens (tertiary/aromatic N) is 4. The Labute approximate surface area is 324 Å². The summed E-state index contributed by atoms with van der Waals surface area (Å²) >= 11 is 0. The van der Waals surface area contributed by atoms with E-state index >= 15 is 0 Å². The zero-order valence-electron chi connectivity index (χ0n) is 31.0. The summed E-state index contributed by atoms with van der Waals surface area (Å²) in [6, 6.07) is 19.3. The number of hydrogen-bond donors (Lipinski definition) is 2. The maximum absolute atomic E-state index is 12.1. The van der Waals surface area contributed by atoms with Crippen molar-refractivity contribution in [3.8, 4) is 11.1 Å². The minimum absolute atomic E-state index is 0. The van der Waals surface area contributed by atoms with Crippen molar-refractivity contribution in [2.45, 2.75) is 70.5 Å². The van der Waals surface area contributed by atoms with Gasteiger partial charge >= 0.3 is 27.2 Å². The number of benzene rings is 2. The predicted octanol–water partition coefficient (Wildman–Crippen LogP) is 8.49. The van der Waals surface area contributed by atoms with Gasteiger partial charge in [0, 0.05) is 75.9 Å². The Balaban J connectivity index is 0.000000477. The summed E-state index contributed by atoms with van der Waals surface area (Å²) in [5.41, 5.74) is 17.6. The fourth-order valence-electron chi connectivity index (χ4n) is 6.63. The summed E-state index contributed by atoms with van der Waals surface area (Å²) in [7, 11) is 2.20. The van der Waals surface area contributed by atoms with E-state index in [1.807, 2.05) is 0 Å². The molecule has 0 unspecified atom stereocenters. The molecule has 0 amide bonds. The van der Waals surface area contributed by atoms with E-state index in [0.29, 0.717) is 0 Å². The van der Waals surface area contributed by atoms with Gasteiger partial charge in [0.15, 0.2) is 0 Å². The minimum atomic E-state index is -4.47. The third-order valence-electron chi connectivity index (χ3n) is 9.86. The third kappa shape index (κ3) is 14.4. The first kappa shape index (κ1) is 43.4. The molecular formula is C41H58F3N7W. The molecule has 0 bridgehead atoms. The fourth-order valence-corrected chi connectivity index (χ4v) is 6.63. The molecule has 0 saturated carbocycles. The number of nitrogens with two attached hydrogens (primary N) is 1. The van der Waals surface area contributed by atoms with Crippen molar-refractivity contribution in [1.29, 1.82) is 0 Å². The zero-order chi connectivity index (χ0) is 36.6. The van der Waals surface area contributed by atoms with Gasteiger partial charge in [-0.15, -0.1) is 17.3 Å². The number of nitrogens with one attached hydrogen (secondary N) is 2. The molecule has 2 aromatic rings. The van der Waals surface area contributed by atoms with E-state index in [-0.39, 0.29) is 26.8 Å². The predicted molar refractivity (Wildman–Crippen MR) is 206 cm³/mol. The number of piperazine rings is 2. The molecule has 3 aliphatic heterocycles. The van der Waals surface area contributed by atoms with E-state index in [1.165, 1.54) is 79.4 Å². The standard InChI is InChI=1S/C34H52N5.C7H6F3N2.W/c1-30(12-9-7-5-3-4-6-8-10-19-35)38-26-22-37(23-27-38)29-31-13-11-14-33(28-31)32-15-17-34(18-16-32)39-24-20-36(2)21-25-39;1-4-2-5(7(8,9)10)6(11)3-12-4;/h11,13-17,28H,1,3-10,12,19-27,29,35H2,2H3;2-3,11-12H,1H2;/q2*-1;+2. The maximum atomic E-state index is 12.1. The summed E-state index contributed by atoms with van der Waals surface area (Å²) in [6.45, 7) is 18.4. The van der Waals surface area contributed by atoms with Crippen LogP contribution in [0.2, 0.25) is 0 Å². The van der Waals surface area contributed by atoms with Crippen LogP contribution in [0.1, 0.15) is 63.4 Å². The van der Waals surface area contributed by atoms with E-state index in [9.17, 15) is 13.2 Å². The van der Waals surface area contributed by atoms with Gasteiger partial charge in [0.05, 0.1) is 0 Å². The average molecular weight is 890 g/mol. The second-order valence-electron chi connectivity index (χ2n) is 13.9. The molecule has 5 rings (SSSR count). The molecule has 2 saturated heterocycles. The molecule has 7 nitrogen and oxygen atoms in total. The van der Waals surface area contributed by atoms with Gasteiger partial charge in [0.25, 0.3) is 0 Å². The van der Waals surface area contributed by atoms with Crippen LogP contribution in [0.4, 0.5) is 18.9 Å². The number of anilines is 1. The first-order valence-corrected chi connectivity index (χ1v) is 18.6. The molecule has 0 aliphatic carbocycles. The Morgan fingerprint density at radius 1 is 0.885 bits per heavy atom. The average Bonchev–Trinajstić information content (AvgIpc) is 3.12. The second-order valence-corrected chi connectivity index (χ2v) is 13.9. The molecule has 0 aromatic heterocycles. The normalized spacial score (nSPS) is 17.0. The van der Waals surface area contributed by atoms with Gasteiger partial charge in [-0.1, -0.05) is 87.2 Å². The van der Waals surface area contributed by atoms with Gasteiger partial charge < -0.3 is 31.5 Å². The van der Waals surface area contributed by atoms with E-state index in [2.05, 4.69) is 93.7 Å². The molecule has 52 heavy (non-hydrogen) atoms. The van der Waals surface area contributed by atoms with Crippen LogP contribution < -0.4 is 16.0 Å². The number of halogens is 3. The number of rotatable bonds is 15. The van der Waals surface area contributed by atoms with Gasteiger partial charge in [-0.05, 0) is 50.7 Å². The Bertz CT molecular complexity index is 1440. The van der Waals surface area contributed by atoms with Crippen LogP contribution in [0.3, 0.4) is 0 Å². The van der Waals surface area contributed by atoms with E-state index < -0.39 is 17.4 Å². The minimum Gasteiger partial charge on any atom is -0.697 e. The number of unbranched alkanes of at least 4 members (excludes halogenated alkanes) is 7. The van der Waals surface area contributed by atoms with Crippen molar-refractivity contribution >= 4 is 5.69 Å². The van der Waals surface area contributed by atoms with Crippen molar-refractivity contribution < 1.29 is 34.2 Å². The Morgan fingerprint density at radius 3 is 2.13 bits per heavy atom. The number of dihydropyridines is 1. The van der Waals surface area contributed by atoms with Crippen molar-refractivity contribution in [1.82, 2.24) is 20.0 Å². The van der Waals surface area contributed by atoms with E-state index in [4.69, 9.17) is 11.5 Å². The third-order valence-corrected chi connectivity index (χ3v) is 9.86. The number of hydrogen-bond acceptors (Lipinski definition) is 6. The summed E-state index contributed by atoms with van der Waals surface area (Å²) < 4.78 is 36.2. The summed E-state index contributed by atoms with van der Waals surface area (Å²) in [4.78, 5) is 9.96. The fraction of sp³-hybridized carbons (Fsp3) is 0.512. The Morgan fingerprint density at radius 2 is 1.54 bits per heavy atom. The zero-order valence-corrected chi connectivity index (χ0v) is 33.9. The summed E-state index contributed by atoms with van der Waals surface area (Å²) in [5, 5.41) is 2.41. The molecule has 284 valence electrons. The van der Waals surface area contributed by atoms with Crippen LogP contribution in [0, 0.1) is 6.07 Å². The van der Waals surface area contributed by atoms with Crippen LogP contribution in [-0.4, -0.2) is 86.8 Å². The molecule has 2 fully saturated rings. The number of alkyl halides is 3. The molecule has 0 atom stereocenters. The smallest absolute Gasteiger partial charge is 0.697 e. The SMILES string of the molecule is C=C(CCCCCCCCCCN)N1CCN(Cc2cccc(-c3c[c-]c(N4CCN(C)CC4)cc3)c2)CC1.C=C1C=C(C(F)(F)F)C([NH-])=CN1.[W+2]. The summed E-state index contributed by atoms with van der Waals surface area (Å²) in [6.07, 6.45) is 9.00. The van der Waals surface area contributed by atoms with Crippen LogP contribution >= 0.6 is 0 Å². The van der Waals surface area contributed by atoms with Gasteiger partial charge in [-0.3, -0.25) is 4.90 Å². The number of likely N-dealkylation sites (N-methyl/N-ethyl adjacent to an activating group) is 1. The molecule has 11 heteroatoms. The molecule has 0 spiro atoms. The first-order chi connectivity index (χ1) is 24.5. The van der Waals surface area contributed by atoms with E-state index in [0.717, 1.165) is 84.1 Å². The van der Waals surface area contributed by atoms with E-state index in [1.54, 1.807) is 0 Å². The van der Waals surface area contributed by atoms with Gasteiger partial charge in [0.1, 0.15) is 0 Å². The molecular weight excluding hydrogens is 831 g/mol. The molecule has 4 N–H and O–H groups in total. The van der Waals surface area contributed by atoms with Gasteiger partial charge in [0.2, 0.25) is 0 Å². The maximum Gasteiger partial charge on any atom is 2.00 e. The topological polar surface area (TPSA) is 74.8 Å². The number of allylic oxidation sites excluding steroid dienone is 3. The van der Waals surface area contributed by atoms with Gasteiger partial charge in [-0.25, -0.2) is 0 Å². The summed E-state index contributed by atoms with van der Waals surface area (Å²) in [5.74, 6) is 0. The quantitative estimate of drug-likeness (QED) is 0.138. The second kappa shape index (κ2) is 22.2. The van der Waals surface area contributed by atoms with Crippen molar-refractivity contribution in [2.24, 2.45) is 5.73 Å². The Hall–Kier alpha value is -3.04. The van der Waals surface area contributed by atoms with Crippen molar-refractivity contribution in [2.75, 3.05) is 70.9 Å². The first-order valence-electron chi connectivity index (χ1n) is 18.6. The van der Waals surface area contributed by atoms with Gasteiger partial charge in [-0.2, -0.15) is 31.4 Å². The van der Waals surface area contributed by atoms with Crippen LogP contribution in [0.15, 0.2) is 90.6 Å². The largest absolute Gasteiger partial charge is 2.00 e. The molecule has 3 aliphatic rings. The molecule has 3 heterocycles.